The van der Waals surface area contributed by atoms with E-state index in [0.717, 1.165) is 23.1 Å². The summed E-state index contributed by atoms with van der Waals surface area (Å²) in [5, 5.41) is 8.74. The second kappa shape index (κ2) is 3.66. The molecule has 0 aliphatic carbocycles. The second-order valence-electron chi connectivity index (χ2n) is 2.00. The molecule has 0 spiro atoms. The average Bonchev–Trinajstić information content (AvgIpc) is 2.05. The van der Waals surface area contributed by atoms with E-state index in [0.29, 0.717) is 0 Å². The molecule has 0 aromatic carbocycles. The average molecular weight is 201 g/mol. The van der Waals surface area contributed by atoms with Crippen LogP contribution in [0.25, 0.3) is 0 Å². The monoisotopic (exact) mass is 200 g/mol. The van der Waals surface area contributed by atoms with Gasteiger partial charge in [-0.1, -0.05) is 22.9 Å². The van der Waals surface area contributed by atoms with Crippen molar-refractivity contribution in [2.24, 2.45) is 0 Å². The fourth-order valence-corrected chi connectivity index (χ4v) is 0.946. The Balaban J connectivity index is 2.80. The normalized spacial score (nSPS) is 9.80. The lowest BCUT2D eigenvalue weighted by molar-refractivity contribution is 0.890. The van der Waals surface area contributed by atoms with Crippen LogP contribution in [0.5, 0.6) is 0 Å². The zero-order chi connectivity index (χ0) is 7.40. The molecule has 0 saturated carbocycles. The summed E-state index contributed by atoms with van der Waals surface area (Å²) in [5.41, 5.74) is 2.03. The molecule has 1 rings (SSSR count). The summed E-state index contributed by atoms with van der Waals surface area (Å²) in [6.07, 6.45) is 0.954. The zero-order valence-electron chi connectivity index (χ0n) is 5.84. The number of nitrogens with zero attached hydrogens (tertiary/aromatic N) is 2. The summed E-state index contributed by atoms with van der Waals surface area (Å²) < 4.78 is 0. The van der Waals surface area contributed by atoms with E-state index >= 15 is 0 Å². The Hall–Kier alpha value is -0.440. The highest BCUT2D eigenvalue weighted by Crippen LogP contribution is 2.00. The molecule has 54 valence electrons. The van der Waals surface area contributed by atoms with Gasteiger partial charge in [-0.2, -0.15) is 10.2 Å². The third kappa shape index (κ3) is 1.77. The number of hydrogen-bond acceptors (Lipinski definition) is 2. The molecular weight excluding hydrogens is 192 g/mol. The molecule has 0 aliphatic heterocycles. The van der Waals surface area contributed by atoms with Crippen molar-refractivity contribution in [3.8, 4) is 0 Å². The van der Waals surface area contributed by atoms with Crippen molar-refractivity contribution in [3.05, 3.63) is 23.5 Å². The minimum Gasteiger partial charge on any atom is -0.155 e. The van der Waals surface area contributed by atoms with Crippen LogP contribution in [0.3, 0.4) is 0 Å². The Morgan fingerprint density at radius 3 is 2.30 bits per heavy atom. The molecule has 2 nitrogen and oxygen atoms in total. The Labute approximate surface area is 68.8 Å². The first-order valence-electron chi connectivity index (χ1n) is 3.24. The highest BCUT2D eigenvalue weighted by molar-refractivity contribution is 9.08. The SMILES string of the molecule is CCc1ccc(CBr)nn1. The van der Waals surface area contributed by atoms with E-state index in [9.17, 15) is 0 Å². The lowest BCUT2D eigenvalue weighted by Gasteiger charge is -1.94. The van der Waals surface area contributed by atoms with E-state index in [-0.39, 0.29) is 0 Å². The van der Waals surface area contributed by atoms with E-state index in [1.165, 1.54) is 0 Å². The van der Waals surface area contributed by atoms with Crippen molar-refractivity contribution < 1.29 is 0 Å². The predicted molar refractivity (Wildman–Crippen MR) is 44.0 cm³/mol. The summed E-state index contributed by atoms with van der Waals surface area (Å²) in [6, 6.07) is 3.99. The number of aryl methyl sites for hydroxylation is 1. The summed E-state index contributed by atoms with van der Waals surface area (Å²) in [7, 11) is 0. The lowest BCUT2D eigenvalue weighted by Crippen LogP contribution is -1.93. The Morgan fingerprint density at radius 1 is 1.30 bits per heavy atom. The fraction of sp³-hybridized carbons (Fsp3) is 0.429. The van der Waals surface area contributed by atoms with Gasteiger partial charge in [0.15, 0.2) is 0 Å². The number of halogens is 1. The third-order valence-electron chi connectivity index (χ3n) is 1.27. The molecule has 0 unspecified atom stereocenters. The first-order chi connectivity index (χ1) is 4.86. The van der Waals surface area contributed by atoms with Crippen LogP contribution in [0.1, 0.15) is 18.3 Å². The highest BCUT2D eigenvalue weighted by atomic mass is 79.9. The van der Waals surface area contributed by atoms with Crippen molar-refractivity contribution >= 4 is 15.9 Å². The van der Waals surface area contributed by atoms with Crippen LogP contribution in [0.4, 0.5) is 0 Å². The van der Waals surface area contributed by atoms with Crippen LogP contribution in [-0.2, 0) is 11.8 Å². The standard InChI is InChI=1S/C7H9BrN2/c1-2-6-3-4-7(5-8)10-9-6/h3-4H,2,5H2,1H3. The molecular formula is C7H9BrN2. The maximum Gasteiger partial charge on any atom is 0.0736 e. The van der Waals surface area contributed by atoms with Crippen molar-refractivity contribution in [3.63, 3.8) is 0 Å². The van der Waals surface area contributed by atoms with Gasteiger partial charge in [-0.3, -0.25) is 0 Å². The highest BCUT2D eigenvalue weighted by Gasteiger charge is 1.92. The van der Waals surface area contributed by atoms with E-state index in [1.54, 1.807) is 0 Å². The number of alkyl halides is 1. The first kappa shape index (κ1) is 7.66. The van der Waals surface area contributed by atoms with Crippen molar-refractivity contribution in [2.75, 3.05) is 0 Å². The van der Waals surface area contributed by atoms with Gasteiger partial charge in [0.1, 0.15) is 0 Å². The van der Waals surface area contributed by atoms with Crippen LogP contribution in [-0.4, -0.2) is 10.2 Å². The van der Waals surface area contributed by atoms with Crippen molar-refractivity contribution in [2.45, 2.75) is 18.7 Å². The topological polar surface area (TPSA) is 25.8 Å². The molecule has 0 saturated heterocycles. The van der Waals surface area contributed by atoms with Crippen LogP contribution in [0, 0.1) is 0 Å². The van der Waals surface area contributed by atoms with E-state index in [1.807, 2.05) is 12.1 Å². The summed E-state index contributed by atoms with van der Waals surface area (Å²) in [5.74, 6) is 0. The molecule has 0 aliphatic rings. The fourth-order valence-electron chi connectivity index (χ4n) is 0.647. The molecule has 1 aromatic rings. The van der Waals surface area contributed by atoms with Gasteiger partial charge in [0.2, 0.25) is 0 Å². The predicted octanol–water partition coefficient (Wildman–Crippen LogP) is 1.93. The maximum absolute atomic E-state index is 3.99. The molecule has 0 radical (unpaired) electrons. The van der Waals surface area contributed by atoms with Gasteiger partial charge in [-0.05, 0) is 18.6 Å². The van der Waals surface area contributed by atoms with E-state index in [4.69, 9.17) is 0 Å². The summed E-state index contributed by atoms with van der Waals surface area (Å²) in [4.78, 5) is 0. The second-order valence-corrected chi connectivity index (χ2v) is 2.56. The van der Waals surface area contributed by atoms with Gasteiger partial charge in [0, 0.05) is 5.33 Å². The number of aromatic nitrogens is 2. The Kier molecular flexibility index (Phi) is 2.81. The number of hydrogen-bond donors (Lipinski definition) is 0. The minimum absolute atomic E-state index is 0.782. The minimum atomic E-state index is 0.782. The quantitative estimate of drug-likeness (QED) is 0.683. The van der Waals surface area contributed by atoms with Crippen molar-refractivity contribution in [1.29, 1.82) is 0 Å². The Bertz CT molecular complexity index is 172. The third-order valence-corrected chi connectivity index (χ3v) is 1.85. The first-order valence-corrected chi connectivity index (χ1v) is 4.36. The van der Waals surface area contributed by atoms with Crippen LogP contribution in [0.15, 0.2) is 12.1 Å². The smallest absolute Gasteiger partial charge is 0.0736 e. The molecule has 1 heterocycles. The van der Waals surface area contributed by atoms with E-state index < -0.39 is 0 Å². The molecule has 0 fully saturated rings. The molecule has 0 atom stereocenters. The van der Waals surface area contributed by atoms with Gasteiger partial charge >= 0.3 is 0 Å². The number of rotatable bonds is 2. The lowest BCUT2D eigenvalue weighted by atomic mass is 10.3. The Morgan fingerprint density at radius 2 is 1.90 bits per heavy atom. The van der Waals surface area contributed by atoms with E-state index in [2.05, 4.69) is 33.1 Å². The van der Waals surface area contributed by atoms with Gasteiger partial charge in [-0.25, -0.2) is 0 Å². The molecule has 3 heteroatoms. The molecule has 0 N–H and O–H groups in total. The van der Waals surface area contributed by atoms with Gasteiger partial charge in [0.05, 0.1) is 11.4 Å². The maximum atomic E-state index is 3.99. The van der Waals surface area contributed by atoms with Crippen LogP contribution >= 0.6 is 15.9 Å². The van der Waals surface area contributed by atoms with Crippen LogP contribution in [0.2, 0.25) is 0 Å². The van der Waals surface area contributed by atoms with Crippen molar-refractivity contribution in [1.82, 2.24) is 10.2 Å². The zero-order valence-corrected chi connectivity index (χ0v) is 7.43. The van der Waals surface area contributed by atoms with Crippen LogP contribution < -0.4 is 0 Å². The summed E-state index contributed by atoms with van der Waals surface area (Å²) >= 11 is 3.30. The molecule has 10 heavy (non-hydrogen) atoms. The molecule has 0 bridgehead atoms. The molecule has 1 aromatic heterocycles. The summed E-state index contributed by atoms with van der Waals surface area (Å²) in [6.45, 7) is 2.07. The largest absolute Gasteiger partial charge is 0.155 e. The van der Waals surface area contributed by atoms with Gasteiger partial charge < -0.3 is 0 Å². The molecule has 0 amide bonds. The van der Waals surface area contributed by atoms with Gasteiger partial charge in [-0.15, -0.1) is 0 Å². The van der Waals surface area contributed by atoms with Gasteiger partial charge in [0.25, 0.3) is 0 Å².